The summed E-state index contributed by atoms with van der Waals surface area (Å²) in [5, 5.41) is 5.71. The number of rotatable bonds is 7. The number of hydrogen-bond donors (Lipinski definition) is 1. The molecule has 33 heavy (non-hydrogen) atoms. The predicted molar refractivity (Wildman–Crippen MR) is 129 cm³/mol. The number of thiazole rings is 1. The topological polar surface area (TPSA) is 80.8 Å². The molecule has 0 unspecified atom stereocenters. The number of benzene rings is 2. The van der Waals surface area contributed by atoms with Crippen LogP contribution in [0.2, 0.25) is 0 Å². The molecule has 0 bridgehead atoms. The normalized spacial score (nSPS) is 14.1. The zero-order valence-electron chi connectivity index (χ0n) is 18.7. The smallest absolute Gasteiger partial charge is 0.228 e. The quantitative estimate of drug-likeness (QED) is 0.564. The van der Waals surface area contributed by atoms with E-state index in [4.69, 9.17) is 9.47 Å². The molecule has 3 aromatic rings. The number of nitrogens with zero attached hydrogens (tertiary/aromatic N) is 2. The van der Waals surface area contributed by atoms with Gasteiger partial charge < -0.3 is 19.7 Å². The lowest BCUT2D eigenvalue weighted by Crippen LogP contribution is -2.42. The van der Waals surface area contributed by atoms with Gasteiger partial charge in [-0.05, 0) is 43.2 Å². The van der Waals surface area contributed by atoms with Crippen LogP contribution in [0.5, 0.6) is 11.5 Å². The number of methoxy groups -OCH3 is 2. The van der Waals surface area contributed by atoms with Gasteiger partial charge in [0.25, 0.3) is 0 Å². The van der Waals surface area contributed by atoms with Crippen LogP contribution in [-0.4, -0.2) is 49.0 Å². The van der Waals surface area contributed by atoms with Gasteiger partial charge in [0.2, 0.25) is 11.8 Å². The van der Waals surface area contributed by atoms with Gasteiger partial charge in [-0.3, -0.25) is 9.59 Å². The molecule has 0 aliphatic carbocycles. The Morgan fingerprint density at radius 1 is 1.06 bits per heavy atom. The highest BCUT2D eigenvalue weighted by atomic mass is 32.1. The van der Waals surface area contributed by atoms with E-state index in [9.17, 15) is 9.59 Å². The van der Waals surface area contributed by atoms with Crippen molar-refractivity contribution in [1.29, 1.82) is 0 Å². The summed E-state index contributed by atoms with van der Waals surface area (Å²) in [6.45, 7) is 1.16. The lowest BCUT2D eigenvalue weighted by molar-refractivity contribution is -0.133. The van der Waals surface area contributed by atoms with Crippen LogP contribution in [0.1, 0.15) is 18.5 Å². The molecule has 2 amide bonds. The minimum atomic E-state index is -0.0785. The third-order valence-electron chi connectivity index (χ3n) is 5.77. The van der Waals surface area contributed by atoms with Crippen LogP contribution in [0.15, 0.2) is 53.9 Å². The van der Waals surface area contributed by atoms with Gasteiger partial charge in [-0.2, -0.15) is 0 Å². The average molecular weight is 466 g/mol. The van der Waals surface area contributed by atoms with Crippen molar-refractivity contribution in [2.75, 3.05) is 32.6 Å². The molecule has 0 atom stereocenters. The van der Waals surface area contributed by atoms with E-state index < -0.39 is 0 Å². The fourth-order valence-electron chi connectivity index (χ4n) is 3.91. The van der Waals surface area contributed by atoms with Gasteiger partial charge in [0.05, 0.1) is 26.3 Å². The third-order valence-corrected chi connectivity index (χ3v) is 6.71. The minimum absolute atomic E-state index is 0.0207. The zero-order valence-corrected chi connectivity index (χ0v) is 19.6. The number of aromatic nitrogens is 1. The Morgan fingerprint density at radius 2 is 1.79 bits per heavy atom. The van der Waals surface area contributed by atoms with Gasteiger partial charge in [-0.15, -0.1) is 11.3 Å². The Balaban J connectivity index is 1.31. The van der Waals surface area contributed by atoms with Crippen molar-refractivity contribution in [3.63, 3.8) is 0 Å². The first-order chi connectivity index (χ1) is 16.1. The molecule has 0 radical (unpaired) electrons. The third kappa shape index (κ3) is 5.51. The summed E-state index contributed by atoms with van der Waals surface area (Å²) < 4.78 is 10.7. The number of nitrogens with one attached hydrogen (secondary N) is 1. The van der Waals surface area contributed by atoms with Crippen LogP contribution >= 0.6 is 11.3 Å². The number of para-hydroxylation sites is 1. The molecule has 2 aromatic carbocycles. The average Bonchev–Trinajstić information content (AvgIpc) is 3.32. The summed E-state index contributed by atoms with van der Waals surface area (Å²) in [6, 6.07) is 15.1. The zero-order chi connectivity index (χ0) is 23.2. The van der Waals surface area contributed by atoms with E-state index in [1.54, 1.807) is 14.2 Å². The molecular formula is C25H27N3O4S. The first-order valence-electron chi connectivity index (χ1n) is 10.9. The SMILES string of the molecule is COc1ccc(-c2nc(CC(=O)N3CCC(C(=O)Nc4ccccc4)CC3)cs2)cc1OC. The maximum absolute atomic E-state index is 12.8. The van der Waals surface area contributed by atoms with Crippen LogP contribution in [0.4, 0.5) is 5.69 Å². The summed E-state index contributed by atoms with van der Waals surface area (Å²) in [5.41, 5.74) is 2.47. The summed E-state index contributed by atoms with van der Waals surface area (Å²) in [7, 11) is 3.20. The second kappa shape index (κ2) is 10.5. The van der Waals surface area contributed by atoms with Gasteiger partial charge >= 0.3 is 0 Å². The fourth-order valence-corrected chi connectivity index (χ4v) is 4.73. The maximum Gasteiger partial charge on any atom is 0.228 e. The standard InChI is InChI=1S/C25H27N3O4S/c1-31-21-9-8-18(14-22(21)32-2)25-27-20(16-33-25)15-23(29)28-12-10-17(11-13-28)24(30)26-19-6-4-3-5-7-19/h3-9,14,16-17H,10-13,15H2,1-2H3,(H,26,30). The first-order valence-corrected chi connectivity index (χ1v) is 11.8. The molecule has 4 rings (SSSR count). The second-order valence-corrected chi connectivity index (χ2v) is 8.76. The van der Waals surface area contributed by atoms with Gasteiger partial charge in [0.15, 0.2) is 11.5 Å². The highest BCUT2D eigenvalue weighted by molar-refractivity contribution is 7.13. The predicted octanol–water partition coefficient (Wildman–Crippen LogP) is 4.25. The van der Waals surface area contributed by atoms with Crippen molar-refractivity contribution < 1.29 is 19.1 Å². The van der Waals surface area contributed by atoms with Crippen molar-refractivity contribution in [1.82, 2.24) is 9.88 Å². The van der Waals surface area contributed by atoms with E-state index in [1.807, 2.05) is 58.8 Å². The van der Waals surface area contributed by atoms with Crippen molar-refractivity contribution in [3.8, 4) is 22.1 Å². The molecule has 1 aliphatic rings. The lowest BCUT2D eigenvalue weighted by atomic mass is 9.95. The first kappa shape index (κ1) is 22.8. The van der Waals surface area contributed by atoms with E-state index in [-0.39, 0.29) is 24.2 Å². The van der Waals surface area contributed by atoms with Crippen molar-refractivity contribution in [2.24, 2.45) is 5.92 Å². The highest BCUT2D eigenvalue weighted by Gasteiger charge is 2.27. The van der Waals surface area contributed by atoms with Crippen LogP contribution in [0, 0.1) is 5.92 Å². The monoisotopic (exact) mass is 465 g/mol. The number of likely N-dealkylation sites (tertiary alicyclic amines) is 1. The van der Waals surface area contributed by atoms with E-state index in [1.165, 1.54) is 11.3 Å². The summed E-state index contributed by atoms with van der Waals surface area (Å²) >= 11 is 1.50. The summed E-state index contributed by atoms with van der Waals surface area (Å²) in [4.78, 5) is 31.8. The molecule has 1 N–H and O–H groups in total. The van der Waals surface area contributed by atoms with Gasteiger partial charge in [-0.25, -0.2) is 4.98 Å². The number of anilines is 1. The number of hydrogen-bond acceptors (Lipinski definition) is 6. The molecule has 0 saturated carbocycles. The number of ether oxygens (including phenoxy) is 2. The Bertz CT molecular complexity index is 1110. The maximum atomic E-state index is 12.8. The van der Waals surface area contributed by atoms with Crippen molar-refractivity contribution in [3.05, 3.63) is 59.6 Å². The van der Waals surface area contributed by atoms with Crippen LogP contribution in [-0.2, 0) is 16.0 Å². The Hall–Kier alpha value is -3.39. The molecule has 1 saturated heterocycles. The van der Waals surface area contributed by atoms with Crippen LogP contribution < -0.4 is 14.8 Å². The Kier molecular flexibility index (Phi) is 7.24. The van der Waals surface area contributed by atoms with E-state index in [0.29, 0.717) is 37.4 Å². The molecule has 1 fully saturated rings. The van der Waals surface area contributed by atoms with Crippen molar-refractivity contribution in [2.45, 2.75) is 19.3 Å². The molecule has 0 spiro atoms. The number of amides is 2. The summed E-state index contributed by atoms with van der Waals surface area (Å²) in [6.07, 6.45) is 1.58. The second-order valence-electron chi connectivity index (χ2n) is 7.90. The number of piperidine rings is 1. The highest BCUT2D eigenvalue weighted by Crippen LogP contribution is 2.33. The molecule has 7 nitrogen and oxygen atoms in total. The largest absolute Gasteiger partial charge is 0.493 e. The Labute approximate surface area is 197 Å². The van der Waals surface area contributed by atoms with Crippen LogP contribution in [0.25, 0.3) is 10.6 Å². The molecule has 172 valence electrons. The Morgan fingerprint density at radius 3 is 2.48 bits per heavy atom. The minimum Gasteiger partial charge on any atom is -0.493 e. The number of carbonyl (C=O) groups is 2. The van der Waals surface area contributed by atoms with E-state index in [0.717, 1.165) is 22.0 Å². The fraction of sp³-hybridized carbons (Fsp3) is 0.320. The van der Waals surface area contributed by atoms with Crippen molar-refractivity contribution >= 4 is 28.8 Å². The van der Waals surface area contributed by atoms with Crippen LogP contribution in [0.3, 0.4) is 0 Å². The molecule has 8 heteroatoms. The van der Waals surface area contributed by atoms with Gasteiger partial charge in [-0.1, -0.05) is 18.2 Å². The van der Waals surface area contributed by atoms with Gasteiger partial charge in [0, 0.05) is 35.6 Å². The summed E-state index contributed by atoms with van der Waals surface area (Å²) in [5.74, 6) is 1.29. The molecule has 1 aliphatic heterocycles. The number of carbonyl (C=O) groups excluding carboxylic acids is 2. The van der Waals surface area contributed by atoms with Gasteiger partial charge in [0.1, 0.15) is 5.01 Å². The molecule has 2 heterocycles. The van der Waals surface area contributed by atoms with E-state index in [2.05, 4.69) is 10.3 Å². The van der Waals surface area contributed by atoms with E-state index >= 15 is 0 Å². The molecular weight excluding hydrogens is 438 g/mol. The molecule has 1 aromatic heterocycles. The lowest BCUT2D eigenvalue weighted by Gasteiger charge is -2.31.